The van der Waals surface area contributed by atoms with Crippen molar-refractivity contribution in [3.63, 3.8) is 0 Å². The van der Waals surface area contributed by atoms with Crippen molar-refractivity contribution in [1.82, 2.24) is 0 Å². The van der Waals surface area contributed by atoms with Crippen LogP contribution >= 0.6 is 11.6 Å². The smallest absolute Gasteiger partial charge is 0.241 e. The molecule has 6 unspecified atom stereocenters. The second-order valence-corrected chi connectivity index (χ2v) is 12.8. The van der Waals surface area contributed by atoms with Gasteiger partial charge in [0.1, 0.15) is 11.6 Å². The predicted molar refractivity (Wildman–Crippen MR) is 162 cm³/mol. The van der Waals surface area contributed by atoms with Gasteiger partial charge in [-0.1, -0.05) is 54.4 Å². The first-order valence-corrected chi connectivity index (χ1v) is 15.2. The number of hydrogen-bond acceptors (Lipinski definition) is 5. The minimum absolute atomic E-state index is 0.0539. The molecule has 0 spiro atoms. The summed E-state index contributed by atoms with van der Waals surface area (Å²) < 4.78 is 14.0. The Hall–Kier alpha value is -4.30. The fourth-order valence-corrected chi connectivity index (χ4v) is 8.24. The van der Waals surface area contributed by atoms with E-state index in [2.05, 4.69) is 0 Å². The lowest BCUT2D eigenvalue weighted by atomic mass is 9.51. The number of carbonyl (C=O) groups excluding carboxylic acids is 4. The second kappa shape index (κ2) is 10.1. The number of rotatable bonds is 4. The summed E-state index contributed by atoms with van der Waals surface area (Å²) in [6, 6.07) is 17.7. The van der Waals surface area contributed by atoms with Gasteiger partial charge in [0.25, 0.3) is 0 Å². The molecule has 2 heterocycles. The topological polar surface area (TPSA) is 95.0 Å². The van der Waals surface area contributed by atoms with Gasteiger partial charge >= 0.3 is 0 Å². The molecular formula is C35H30ClFN2O5. The third-order valence-corrected chi connectivity index (χ3v) is 10.6. The molecule has 0 radical (unpaired) electrons. The Balaban J connectivity index is 1.34. The Bertz CT molecular complexity index is 1770. The first-order valence-electron chi connectivity index (χ1n) is 14.8. The lowest BCUT2D eigenvalue weighted by Crippen LogP contribution is -2.48. The molecule has 0 aromatic heterocycles. The normalized spacial score (nSPS) is 29.5. The number of amides is 4. The summed E-state index contributed by atoms with van der Waals surface area (Å²) >= 11 is 6.05. The van der Waals surface area contributed by atoms with Gasteiger partial charge in [0.2, 0.25) is 23.6 Å². The molecule has 2 aliphatic heterocycles. The number of phenolic OH excluding ortho intramolecular Hbond substituents is 1. The van der Waals surface area contributed by atoms with Gasteiger partial charge in [0.05, 0.1) is 39.6 Å². The van der Waals surface area contributed by atoms with Crippen LogP contribution in [-0.4, -0.2) is 28.7 Å². The van der Waals surface area contributed by atoms with Gasteiger partial charge in [-0.05, 0) is 85.7 Å². The maximum atomic E-state index is 14.4. The summed E-state index contributed by atoms with van der Waals surface area (Å²) in [7, 11) is 0. The Morgan fingerprint density at radius 2 is 1.57 bits per heavy atom. The zero-order chi connectivity index (χ0) is 31.1. The van der Waals surface area contributed by atoms with Crippen molar-refractivity contribution < 1.29 is 28.7 Å². The van der Waals surface area contributed by atoms with E-state index in [1.807, 2.05) is 25.1 Å². The minimum atomic E-state index is -1.24. The van der Waals surface area contributed by atoms with Gasteiger partial charge in [-0.3, -0.25) is 24.1 Å². The van der Waals surface area contributed by atoms with Crippen LogP contribution in [0.3, 0.4) is 0 Å². The number of carbonyl (C=O) groups is 4. The summed E-state index contributed by atoms with van der Waals surface area (Å²) in [4.78, 5) is 58.8. The van der Waals surface area contributed by atoms with Crippen molar-refractivity contribution in [3.05, 3.63) is 100 Å². The molecule has 9 heteroatoms. The highest BCUT2D eigenvalue weighted by molar-refractivity contribution is 6.32. The first kappa shape index (κ1) is 28.5. The van der Waals surface area contributed by atoms with Crippen LogP contribution in [0.2, 0.25) is 5.02 Å². The molecule has 1 saturated carbocycles. The number of anilines is 2. The number of halogens is 2. The monoisotopic (exact) mass is 612 g/mol. The third-order valence-electron chi connectivity index (χ3n) is 10.3. The Labute approximate surface area is 258 Å². The highest BCUT2D eigenvalue weighted by Gasteiger charge is 2.67. The molecule has 2 saturated heterocycles. The summed E-state index contributed by atoms with van der Waals surface area (Å²) in [5.74, 6) is -5.21. The molecule has 1 N–H and O–H groups in total. The van der Waals surface area contributed by atoms with Crippen LogP contribution in [0.4, 0.5) is 15.8 Å². The van der Waals surface area contributed by atoms with E-state index in [4.69, 9.17) is 11.6 Å². The molecule has 44 heavy (non-hydrogen) atoms. The Morgan fingerprint density at radius 3 is 2.23 bits per heavy atom. The van der Waals surface area contributed by atoms with E-state index in [1.165, 1.54) is 29.2 Å². The second-order valence-electron chi connectivity index (χ2n) is 12.4. The van der Waals surface area contributed by atoms with Crippen molar-refractivity contribution in [3.8, 4) is 5.75 Å². The molecule has 4 aliphatic rings. The van der Waals surface area contributed by atoms with Gasteiger partial charge in [-0.15, -0.1) is 0 Å². The maximum absolute atomic E-state index is 14.4. The van der Waals surface area contributed by atoms with Crippen LogP contribution in [0.5, 0.6) is 5.75 Å². The summed E-state index contributed by atoms with van der Waals surface area (Å²) in [5, 5.41) is 9.85. The molecule has 7 rings (SSSR count). The van der Waals surface area contributed by atoms with Crippen LogP contribution in [0.1, 0.15) is 43.7 Å². The first-order chi connectivity index (χ1) is 21.1. The molecule has 6 atom stereocenters. The van der Waals surface area contributed by atoms with Crippen LogP contribution in [0.15, 0.2) is 78.4 Å². The van der Waals surface area contributed by atoms with Crippen molar-refractivity contribution in [2.45, 2.75) is 39.0 Å². The number of benzene rings is 3. The molecule has 2 aliphatic carbocycles. The number of hydrogen-bond donors (Lipinski definition) is 1. The van der Waals surface area contributed by atoms with E-state index in [1.54, 1.807) is 31.2 Å². The van der Waals surface area contributed by atoms with Crippen LogP contribution < -0.4 is 9.80 Å². The predicted octanol–water partition coefficient (Wildman–Crippen LogP) is 6.18. The molecule has 3 aromatic carbocycles. The Morgan fingerprint density at radius 1 is 0.886 bits per heavy atom. The SMILES string of the molecule is CCc1ccc(N2C(=O)C3CC=C4C(CC5C(=O)N(c6ccc(F)c(Cl)c6)C(=O)C5(C)C4c4ccc(O)cc4)C3C2=O)cc1. The lowest BCUT2D eigenvalue weighted by molar-refractivity contribution is -0.131. The standard InChI is InChI=1S/C35H30ClFN2O5/c1-3-18-4-8-20(9-5-18)38-31(41)24-14-13-23-25(29(24)33(38)43)17-26-32(42)39(21-10-15-28(37)27(36)16-21)34(44)35(26,2)30(23)19-6-11-22(40)12-7-19/h4-13,15-16,24-26,29-30,40H,3,14,17H2,1-2H3. The number of nitrogens with zero attached hydrogens (tertiary/aromatic N) is 2. The highest BCUT2D eigenvalue weighted by atomic mass is 35.5. The number of allylic oxidation sites excluding steroid dienone is 2. The van der Waals surface area contributed by atoms with Gasteiger partial charge in [0.15, 0.2) is 0 Å². The molecule has 0 bridgehead atoms. The average Bonchev–Trinajstić information content (AvgIpc) is 3.39. The summed E-state index contributed by atoms with van der Waals surface area (Å²) in [6.07, 6.45) is 3.35. The molecule has 7 nitrogen and oxygen atoms in total. The molecule has 4 amide bonds. The molecule has 3 fully saturated rings. The van der Waals surface area contributed by atoms with E-state index >= 15 is 0 Å². The summed E-state index contributed by atoms with van der Waals surface area (Å²) in [6.45, 7) is 3.80. The van der Waals surface area contributed by atoms with Crippen molar-refractivity contribution in [2.75, 3.05) is 9.80 Å². The Kier molecular flexibility index (Phi) is 6.55. The van der Waals surface area contributed by atoms with Gasteiger partial charge in [-0.2, -0.15) is 0 Å². The van der Waals surface area contributed by atoms with Crippen LogP contribution in [0.25, 0.3) is 0 Å². The lowest BCUT2D eigenvalue weighted by Gasteiger charge is -2.49. The van der Waals surface area contributed by atoms with Gasteiger partial charge in [-0.25, -0.2) is 9.29 Å². The number of aryl methyl sites for hydroxylation is 1. The van der Waals surface area contributed by atoms with Crippen LogP contribution in [0, 0.1) is 34.9 Å². The fraction of sp³-hybridized carbons (Fsp3) is 0.314. The molecular weight excluding hydrogens is 583 g/mol. The van der Waals surface area contributed by atoms with E-state index in [-0.39, 0.29) is 34.7 Å². The number of fused-ring (bicyclic) bond motifs is 4. The maximum Gasteiger partial charge on any atom is 0.241 e. The van der Waals surface area contributed by atoms with Crippen molar-refractivity contribution in [1.29, 1.82) is 0 Å². The zero-order valence-electron chi connectivity index (χ0n) is 24.2. The quantitative estimate of drug-likeness (QED) is 0.280. The summed E-state index contributed by atoms with van der Waals surface area (Å²) in [5.41, 5.74) is 2.11. The zero-order valence-corrected chi connectivity index (χ0v) is 24.9. The van der Waals surface area contributed by atoms with Gasteiger partial charge in [0, 0.05) is 5.92 Å². The van der Waals surface area contributed by atoms with E-state index in [0.29, 0.717) is 17.7 Å². The number of imide groups is 2. The fourth-order valence-electron chi connectivity index (χ4n) is 8.07. The minimum Gasteiger partial charge on any atom is -0.508 e. The largest absolute Gasteiger partial charge is 0.508 e. The third kappa shape index (κ3) is 3.93. The molecule has 224 valence electrons. The highest BCUT2D eigenvalue weighted by Crippen LogP contribution is 2.63. The van der Waals surface area contributed by atoms with E-state index in [0.717, 1.165) is 28.5 Å². The van der Waals surface area contributed by atoms with Crippen molar-refractivity contribution >= 4 is 46.6 Å². The van der Waals surface area contributed by atoms with E-state index in [9.17, 15) is 28.7 Å². The van der Waals surface area contributed by atoms with Gasteiger partial charge < -0.3 is 5.11 Å². The van der Waals surface area contributed by atoms with Crippen LogP contribution in [-0.2, 0) is 25.6 Å². The average molecular weight is 613 g/mol. The van der Waals surface area contributed by atoms with E-state index < -0.39 is 52.6 Å². The molecule has 3 aromatic rings. The van der Waals surface area contributed by atoms with Crippen molar-refractivity contribution in [2.24, 2.45) is 29.1 Å². The number of aromatic hydroxyl groups is 1. The number of phenols is 1.